The predicted molar refractivity (Wildman–Crippen MR) is 116 cm³/mol. The molecule has 7 heteroatoms. The van der Waals surface area contributed by atoms with E-state index in [-0.39, 0.29) is 6.17 Å². The number of amides is 2. The van der Waals surface area contributed by atoms with Crippen LogP contribution in [0.1, 0.15) is 86.0 Å². The molecule has 2 aliphatic rings. The summed E-state index contributed by atoms with van der Waals surface area (Å²) in [6, 6.07) is 1.31. The smallest absolute Gasteiger partial charge is 0.316 e. The van der Waals surface area contributed by atoms with E-state index < -0.39 is 12.2 Å². The number of likely N-dealkylation sites (tertiary alicyclic amines) is 2. The number of carbonyl (C=O) groups excluding carboxylic acids is 2. The number of nitrogens with zero attached hydrogens (tertiary/aromatic N) is 4. The molecule has 5 unspecified atom stereocenters. The number of isocyanates is 1. The topological polar surface area (TPSA) is 82.2 Å². The lowest BCUT2D eigenvalue weighted by atomic mass is 9.91. The van der Waals surface area contributed by atoms with Gasteiger partial charge in [0.05, 0.1) is 6.17 Å². The molecule has 0 spiro atoms. The van der Waals surface area contributed by atoms with Crippen LogP contribution in [0, 0.1) is 0 Å². The Kier molecular flexibility index (Phi) is 9.12. The lowest BCUT2D eigenvalue weighted by molar-refractivity contribution is -0.0868. The van der Waals surface area contributed by atoms with E-state index in [2.05, 4.69) is 42.5 Å². The summed E-state index contributed by atoms with van der Waals surface area (Å²) in [6.07, 6.45) is 9.79. The van der Waals surface area contributed by atoms with E-state index >= 15 is 0 Å². The van der Waals surface area contributed by atoms with Crippen molar-refractivity contribution in [1.82, 2.24) is 14.7 Å². The van der Waals surface area contributed by atoms with Crippen LogP contribution in [-0.2, 0) is 4.79 Å². The van der Waals surface area contributed by atoms with Crippen LogP contribution in [0.15, 0.2) is 4.99 Å². The molecule has 2 amide bonds. The van der Waals surface area contributed by atoms with E-state index in [0.717, 1.165) is 6.42 Å². The minimum absolute atomic E-state index is 0.117. The average molecular weight is 408 g/mol. The average Bonchev–Trinajstić information content (AvgIpc) is 2.65. The molecule has 2 fully saturated rings. The van der Waals surface area contributed by atoms with Gasteiger partial charge in [0.15, 0.2) is 0 Å². The quantitative estimate of drug-likeness (QED) is 0.491. The van der Waals surface area contributed by atoms with Crippen molar-refractivity contribution in [2.24, 2.45) is 10.7 Å². The highest BCUT2D eigenvalue weighted by atomic mass is 16.2. The van der Waals surface area contributed by atoms with Gasteiger partial charge < -0.3 is 10.6 Å². The molecule has 166 valence electrons. The number of hydrogen-bond donors (Lipinski definition) is 1. The second-order valence-corrected chi connectivity index (χ2v) is 9.10. The Balaban J connectivity index is 2.41. The van der Waals surface area contributed by atoms with Crippen LogP contribution in [0.25, 0.3) is 0 Å². The van der Waals surface area contributed by atoms with Gasteiger partial charge >= 0.3 is 6.03 Å². The van der Waals surface area contributed by atoms with Crippen molar-refractivity contribution in [2.45, 2.75) is 122 Å². The molecule has 2 rings (SSSR count). The summed E-state index contributed by atoms with van der Waals surface area (Å²) in [4.78, 5) is 34.2. The fraction of sp³-hybridized carbons (Fsp3) is 0.909. The molecule has 0 bridgehead atoms. The van der Waals surface area contributed by atoms with E-state index in [0.29, 0.717) is 37.1 Å². The Morgan fingerprint density at radius 2 is 1.48 bits per heavy atom. The second-order valence-electron chi connectivity index (χ2n) is 9.10. The number of nitrogens with two attached hydrogens (primary N) is 1. The van der Waals surface area contributed by atoms with Crippen molar-refractivity contribution in [2.75, 3.05) is 6.54 Å². The maximum atomic E-state index is 12.1. The molecule has 2 N–H and O–H groups in total. The van der Waals surface area contributed by atoms with Crippen molar-refractivity contribution in [3.05, 3.63) is 0 Å². The van der Waals surface area contributed by atoms with Gasteiger partial charge in [-0.05, 0) is 59.8 Å². The summed E-state index contributed by atoms with van der Waals surface area (Å²) in [6.45, 7) is 11.7. The molecule has 5 atom stereocenters. The first-order valence-corrected chi connectivity index (χ1v) is 11.5. The molecule has 29 heavy (non-hydrogen) atoms. The van der Waals surface area contributed by atoms with Gasteiger partial charge in [0, 0.05) is 37.1 Å². The lowest BCUT2D eigenvalue weighted by Gasteiger charge is -2.54. The highest BCUT2D eigenvalue weighted by molar-refractivity contribution is 5.72. The number of piperidine rings is 2. The van der Waals surface area contributed by atoms with E-state index in [1.807, 2.05) is 6.92 Å². The number of carbonyl (C=O) groups is 1. The SMILES string of the molecule is CCCN(C(N)=O)C(CC(N1C(C)CCCC1C)N1C(C)CCCC1C)N=C=O. The van der Waals surface area contributed by atoms with Gasteiger partial charge in [-0.3, -0.25) is 9.80 Å². The third-order valence-corrected chi connectivity index (χ3v) is 6.94. The molecule has 2 heterocycles. The maximum Gasteiger partial charge on any atom is 0.316 e. The number of urea groups is 1. The van der Waals surface area contributed by atoms with Gasteiger partial charge in [-0.25, -0.2) is 9.59 Å². The van der Waals surface area contributed by atoms with Gasteiger partial charge in [-0.2, -0.15) is 4.99 Å². The van der Waals surface area contributed by atoms with Gasteiger partial charge in [0.2, 0.25) is 6.08 Å². The fourth-order valence-corrected chi connectivity index (χ4v) is 5.60. The van der Waals surface area contributed by atoms with Crippen LogP contribution in [0.3, 0.4) is 0 Å². The zero-order valence-corrected chi connectivity index (χ0v) is 19.0. The van der Waals surface area contributed by atoms with Gasteiger partial charge in [-0.15, -0.1) is 0 Å². The molecular formula is C22H41N5O2. The maximum absolute atomic E-state index is 12.1. The number of aliphatic imine (C=N–C) groups is 1. The number of hydrogen-bond acceptors (Lipinski definition) is 5. The lowest BCUT2D eigenvalue weighted by Crippen LogP contribution is -2.63. The molecule has 0 aromatic carbocycles. The van der Waals surface area contributed by atoms with Crippen molar-refractivity contribution in [1.29, 1.82) is 0 Å². The molecule has 2 saturated heterocycles. The molecule has 0 saturated carbocycles. The minimum Gasteiger partial charge on any atom is -0.351 e. The summed E-state index contributed by atoms with van der Waals surface area (Å²) in [7, 11) is 0. The van der Waals surface area contributed by atoms with Crippen molar-refractivity contribution in [3.63, 3.8) is 0 Å². The molecule has 0 aliphatic carbocycles. The van der Waals surface area contributed by atoms with E-state index in [4.69, 9.17) is 5.73 Å². The Labute approximate surface area is 176 Å². The van der Waals surface area contributed by atoms with Crippen LogP contribution in [-0.4, -0.2) is 69.9 Å². The van der Waals surface area contributed by atoms with Crippen LogP contribution < -0.4 is 5.73 Å². The second kappa shape index (κ2) is 11.1. The Hall–Kier alpha value is -1.43. The van der Waals surface area contributed by atoms with Crippen LogP contribution >= 0.6 is 0 Å². The van der Waals surface area contributed by atoms with E-state index in [1.165, 1.54) is 43.4 Å². The zero-order valence-electron chi connectivity index (χ0n) is 19.0. The molecule has 7 nitrogen and oxygen atoms in total. The Morgan fingerprint density at radius 1 is 1.03 bits per heavy atom. The van der Waals surface area contributed by atoms with E-state index in [9.17, 15) is 9.59 Å². The first kappa shape index (κ1) is 23.8. The van der Waals surface area contributed by atoms with Crippen LogP contribution in [0.5, 0.6) is 0 Å². The Morgan fingerprint density at radius 3 is 1.83 bits per heavy atom. The summed E-state index contributed by atoms with van der Waals surface area (Å²) in [5.74, 6) is 0. The zero-order chi connectivity index (χ0) is 21.6. The van der Waals surface area contributed by atoms with Crippen molar-refractivity contribution < 1.29 is 9.59 Å². The largest absolute Gasteiger partial charge is 0.351 e. The first-order valence-electron chi connectivity index (χ1n) is 11.5. The van der Waals surface area contributed by atoms with Gasteiger partial charge in [0.1, 0.15) is 6.17 Å². The predicted octanol–water partition coefficient (Wildman–Crippen LogP) is 3.68. The molecule has 0 radical (unpaired) electrons. The summed E-state index contributed by atoms with van der Waals surface area (Å²) >= 11 is 0. The van der Waals surface area contributed by atoms with Crippen molar-refractivity contribution >= 4 is 12.1 Å². The summed E-state index contributed by atoms with van der Waals surface area (Å²) in [5.41, 5.74) is 5.67. The monoisotopic (exact) mass is 407 g/mol. The molecule has 0 aromatic heterocycles. The van der Waals surface area contributed by atoms with Crippen molar-refractivity contribution in [3.8, 4) is 0 Å². The minimum atomic E-state index is -0.572. The third kappa shape index (κ3) is 5.80. The highest BCUT2D eigenvalue weighted by Gasteiger charge is 2.41. The molecular weight excluding hydrogens is 366 g/mol. The standard InChI is InChI=1S/C22H41N5O2/c1-6-13-25(22(23)29)20(24-15-28)14-21(26-16(2)9-7-10-17(26)3)27-18(4)11-8-12-19(27)5/h16-21H,6-14H2,1-5H3,(H2,23,29). The highest BCUT2D eigenvalue weighted by Crippen LogP contribution is 2.34. The third-order valence-electron chi connectivity index (χ3n) is 6.94. The van der Waals surface area contributed by atoms with Crippen LogP contribution in [0.4, 0.5) is 4.79 Å². The van der Waals surface area contributed by atoms with E-state index in [1.54, 1.807) is 6.08 Å². The fourth-order valence-electron chi connectivity index (χ4n) is 5.60. The number of primary amides is 1. The molecule has 0 aromatic rings. The van der Waals surface area contributed by atoms with Crippen LogP contribution in [0.2, 0.25) is 0 Å². The first-order chi connectivity index (χ1) is 13.8. The normalized spacial score (nSPS) is 30.9. The Bertz CT molecular complexity index is 534. The molecule has 2 aliphatic heterocycles. The number of rotatable bonds is 8. The van der Waals surface area contributed by atoms with Gasteiger partial charge in [-0.1, -0.05) is 19.8 Å². The summed E-state index contributed by atoms with van der Waals surface area (Å²) in [5, 5.41) is 0. The van der Waals surface area contributed by atoms with Gasteiger partial charge in [0.25, 0.3) is 0 Å². The summed E-state index contributed by atoms with van der Waals surface area (Å²) < 4.78 is 0.